The molecule has 5 heteroatoms. The van der Waals surface area contributed by atoms with Crippen LogP contribution in [0.3, 0.4) is 0 Å². The largest absolute Gasteiger partial charge is 0.480 e. The van der Waals surface area contributed by atoms with Crippen molar-refractivity contribution in [1.29, 1.82) is 0 Å². The van der Waals surface area contributed by atoms with Gasteiger partial charge in [-0.15, -0.1) is 0 Å². The average molecular weight is 179 g/mol. The van der Waals surface area contributed by atoms with Gasteiger partial charge in [-0.25, -0.2) is 9.78 Å². The Morgan fingerprint density at radius 2 is 2.23 bits per heavy atom. The highest BCUT2D eigenvalue weighted by Crippen LogP contribution is 2.24. The number of hydrogen-bond acceptors (Lipinski definition) is 4. The first-order valence-corrected chi connectivity index (χ1v) is 3.49. The van der Waals surface area contributed by atoms with Crippen molar-refractivity contribution in [3.8, 4) is 5.95 Å². The Bertz CT molecular complexity index is 474. The van der Waals surface area contributed by atoms with Crippen LogP contribution in [0.1, 0.15) is 10.5 Å². The van der Waals surface area contributed by atoms with Crippen LogP contribution in [-0.4, -0.2) is 21.2 Å². The molecule has 0 saturated heterocycles. The van der Waals surface area contributed by atoms with Crippen molar-refractivity contribution in [1.82, 2.24) is 4.98 Å². The number of pyridine rings is 1. The van der Waals surface area contributed by atoms with Gasteiger partial charge >= 0.3 is 5.97 Å². The molecule has 2 aromatic heterocycles. The third-order valence-electron chi connectivity index (χ3n) is 1.66. The molecule has 0 aliphatic heterocycles. The van der Waals surface area contributed by atoms with Crippen molar-refractivity contribution >= 4 is 16.9 Å². The zero-order chi connectivity index (χ0) is 9.42. The van der Waals surface area contributed by atoms with Crippen LogP contribution in [0, 0.1) is 0 Å². The van der Waals surface area contributed by atoms with E-state index in [1.807, 2.05) is 0 Å². The molecule has 0 aliphatic rings. The first kappa shape index (κ1) is 7.60. The van der Waals surface area contributed by atoms with E-state index in [1.54, 1.807) is 0 Å². The third-order valence-corrected chi connectivity index (χ3v) is 1.66. The molecule has 0 aromatic carbocycles. The third kappa shape index (κ3) is 1.10. The van der Waals surface area contributed by atoms with Crippen molar-refractivity contribution in [3.05, 3.63) is 24.1 Å². The lowest BCUT2D eigenvalue weighted by atomic mass is 10.3. The summed E-state index contributed by atoms with van der Waals surface area (Å²) < 4.78 is 4.65. The highest BCUT2D eigenvalue weighted by molar-refractivity contribution is 5.90. The summed E-state index contributed by atoms with van der Waals surface area (Å²) in [5, 5.41) is 18.1. The quantitative estimate of drug-likeness (QED) is 0.687. The van der Waals surface area contributed by atoms with Gasteiger partial charge in [-0.05, 0) is 12.1 Å². The topological polar surface area (TPSA) is 83.6 Å². The van der Waals surface area contributed by atoms with Crippen LogP contribution in [0.2, 0.25) is 0 Å². The number of aromatic hydroxyl groups is 1. The number of rotatable bonds is 1. The fourth-order valence-electron chi connectivity index (χ4n) is 1.04. The highest BCUT2D eigenvalue weighted by atomic mass is 16.5. The lowest BCUT2D eigenvalue weighted by Crippen LogP contribution is -1.98. The van der Waals surface area contributed by atoms with Gasteiger partial charge in [0.05, 0.1) is 5.39 Å². The van der Waals surface area contributed by atoms with E-state index in [0.29, 0.717) is 10.9 Å². The minimum absolute atomic E-state index is 0.0756. The zero-order valence-corrected chi connectivity index (χ0v) is 6.39. The molecule has 2 rings (SSSR count). The summed E-state index contributed by atoms with van der Waals surface area (Å²) in [4.78, 5) is 14.2. The second-order valence-corrected chi connectivity index (χ2v) is 2.48. The number of aromatic nitrogens is 1. The smallest absolute Gasteiger partial charge is 0.354 e. The number of carboxylic acids is 1. The van der Waals surface area contributed by atoms with E-state index < -0.39 is 5.97 Å². The summed E-state index contributed by atoms with van der Waals surface area (Å²) in [7, 11) is 0. The second kappa shape index (κ2) is 2.48. The summed E-state index contributed by atoms with van der Waals surface area (Å²) in [5.74, 6) is -1.36. The predicted octanol–water partition coefficient (Wildman–Crippen LogP) is 1.23. The normalized spacial score (nSPS) is 10.5. The van der Waals surface area contributed by atoms with Crippen LogP contribution in [-0.2, 0) is 0 Å². The molecule has 0 radical (unpaired) electrons. The van der Waals surface area contributed by atoms with Gasteiger partial charge in [-0.3, -0.25) is 0 Å². The fourth-order valence-corrected chi connectivity index (χ4v) is 1.04. The molecular formula is C8H5NO4. The fraction of sp³-hybridized carbons (Fsp3) is 0. The Kier molecular flexibility index (Phi) is 1.45. The van der Waals surface area contributed by atoms with E-state index >= 15 is 0 Å². The summed E-state index contributed by atoms with van der Waals surface area (Å²) in [6, 6.07) is 2.75. The van der Waals surface area contributed by atoms with E-state index in [-0.39, 0.29) is 11.6 Å². The number of aromatic carboxylic acids is 1. The molecule has 13 heavy (non-hydrogen) atoms. The molecule has 0 spiro atoms. The molecule has 0 saturated carbocycles. The maximum atomic E-state index is 10.5. The maximum Gasteiger partial charge on any atom is 0.354 e. The maximum absolute atomic E-state index is 10.5. The van der Waals surface area contributed by atoms with Gasteiger partial charge in [0.25, 0.3) is 5.95 Å². The molecule has 0 unspecified atom stereocenters. The monoisotopic (exact) mass is 179 g/mol. The number of carboxylic acid groups (broad SMARTS) is 1. The van der Waals surface area contributed by atoms with E-state index in [4.69, 9.17) is 10.2 Å². The summed E-state index contributed by atoms with van der Waals surface area (Å²) in [6.45, 7) is 0. The minimum atomic E-state index is -1.11. The molecule has 2 N–H and O–H groups in total. The first-order chi connectivity index (χ1) is 6.18. The molecule has 2 aromatic rings. The molecule has 0 fully saturated rings. The molecule has 2 heterocycles. The van der Waals surface area contributed by atoms with Crippen molar-refractivity contribution in [3.63, 3.8) is 0 Å². The van der Waals surface area contributed by atoms with Crippen molar-refractivity contribution < 1.29 is 19.4 Å². The van der Waals surface area contributed by atoms with Crippen molar-refractivity contribution in [2.75, 3.05) is 0 Å². The lowest BCUT2D eigenvalue weighted by molar-refractivity contribution is 0.0691. The Labute approximate surface area is 72.2 Å². The van der Waals surface area contributed by atoms with Gasteiger partial charge in [0, 0.05) is 0 Å². The van der Waals surface area contributed by atoms with Crippen LogP contribution >= 0.6 is 0 Å². The predicted molar refractivity (Wildman–Crippen MR) is 42.6 cm³/mol. The second-order valence-electron chi connectivity index (χ2n) is 2.48. The Hall–Kier alpha value is -2.04. The lowest BCUT2D eigenvalue weighted by Gasteiger charge is -1.91. The van der Waals surface area contributed by atoms with Crippen molar-refractivity contribution in [2.45, 2.75) is 0 Å². The van der Waals surface area contributed by atoms with Gasteiger partial charge in [-0.1, -0.05) is 0 Å². The Morgan fingerprint density at radius 1 is 1.46 bits per heavy atom. The summed E-state index contributed by atoms with van der Waals surface area (Å²) in [6.07, 6.45) is 1.21. The van der Waals surface area contributed by atoms with Crippen LogP contribution < -0.4 is 0 Å². The van der Waals surface area contributed by atoms with Crippen LogP contribution in [0.25, 0.3) is 10.9 Å². The van der Waals surface area contributed by atoms with Gasteiger partial charge in [0.1, 0.15) is 17.5 Å². The van der Waals surface area contributed by atoms with Crippen LogP contribution in [0.15, 0.2) is 22.8 Å². The SMILES string of the molecule is O=C(O)c1ccc2c(O)occ2n1. The van der Waals surface area contributed by atoms with E-state index in [1.165, 1.54) is 18.4 Å². The minimum Gasteiger partial charge on any atom is -0.480 e. The average Bonchev–Trinajstić information content (AvgIpc) is 2.47. The standard InChI is InChI=1S/C8H5NO4/c10-7(11)5-2-1-4-6(9-5)3-13-8(4)12/h1-3,12H,(H,10,11). The first-order valence-electron chi connectivity index (χ1n) is 3.49. The van der Waals surface area contributed by atoms with Crippen molar-refractivity contribution in [2.24, 2.45) is 0 Å². The Balaban J connectivity index is 2.70. The molecule has 5 nitrogen and oxygen atoms in total. The van der Waals surface area contributed by atoms with E-state index in [0.717, 1.165) is 0 Å². The van der Waals surface area contributed by atoms with E-state index in [9.17, 15) is 4.79 Å². The highest BCUT2D eigenvalue weighted by Gasteiger charge is 2.09. The molecule has 0 bridgehead atoms. The zero-order valence-electron chi connectivity index (χ0n) is 6.39. The Morgan fingerprint density at radius 3 is 2.92 bits per heavy atom. The molecule has 0 aliphatic carbocycles. The number of nitrogens with zero attached hydrogens (tertiary/aromatic N) is 1. The van der Waals surface area contributed by atoms with Crippen LogP contribution in [0.4, 0.5) is 0 Å². The summed E-state index contributed by atoms with van der Waals surface area (Å²) in [5.41, 5.74) is 0.255. The summed E-state index contributed by atoms with van der Waals surface area (Å²) >= 11 is 0. The molecular weight excluding hydrogens is 174 g/mol. The van der Waals surface area contributed by atoms with Gasteiger partial charge in [0.15, 0.2) is 0 Å². The van der Waals surface area contributed by atoms with Gasteiger partial charge < -0.3 is 14.6 Å². The number of furan rings is 1. The van der Waals surface area contributed by atoms with E-state index in [2.05, 4.69) is 9.40 Å². The van der Waals surface area contributed by atoms with Crippen LogP contribution in [0.5, 0.6) is 5.95 Å². The number of hydrogen-bond donors (Lipinski definition) is 2. The number of fused-ring (bicyclic) bond motifs is 1. The molecule has 0 amide bonds. The van der Waals surface area contributed by atoms with Gasteiger partial charge in [-0.2, -0.15) is 0 Å². The molecule has 0 atom stereocenters. The van der Waals surface area contributed by atoms with Gasteiger partial charge in [0.2, 0.25) is 0 Å². The number of carbonyl (C=O) groups is 1. The molecule has 66 valence electrons.